The van der Waals surface area contributed by atoms with Crippen molar-refractivity contribution >= 4 is 15.7 Å². The predicted octanol–water partition coefficient (Wildman–Crippen LogP) is 2.10. The van der Waals surface area contributed by atoms with Crippen molar-refractivity contribution in [2.24, 2.45) is 5.92 Å². The number of para-hydroxylation sites is 1. The molecule has 1 aromatic carbocycles. The molecule has 2 heterocycles. The molecule has 1 aliphatic heterocycles. The highest BCUT2D eigenvalue weighted by molar-refractivity contribution is 7.89. The fraction of sp³-hybridized carbons (Fsp3) is 0.438. The maximum atomic E-state index is 12.4. The summed E-state index contributed by atoms with van der Waals surface area (Å²) < 4.78 is 32.5. The van der Waals surface area contributed by atoms with Gasteiger partial charge in [0.15, 0.2) is 5.76 Å². The minimum atomic E-state index is -3.57. The molecule has 3 rings (SSSR count). The highest BCUT2D eigenvalue weighted by Gasteiger charge is 2.27. The Balaban J connectivity index is 1.61. The summed E-state index contributed by atoms with van der Waals surface area (Å²) in [7, 11) is -3.57. The van der Waals surface area contributed by atoms with E-state index in [0.717, 1.165) is 19.5 Å². The van der Waals surface area contributed by atoms with Crippen LogP contribution in [0.4, 0.5) is 5.69 Å². The predicted molar refractivity (Wildman–Crippen MR) is 87.9 cm³/mol. The van der Waals surface area contributed by atoms with E-state index < -0.39 is 10.0 Å². The van der Waals surface area contributed by atoms with Crippen molar-refractivity contribution in [3.63, 3.8) is 0 Å². The van der Waals surface area contributed by atoms with Crippen LogP contribution in [-0.4, -0.2) is 33.2 Å². The van der Waals surface area contributed by atoms with Crippen molar-refractivity contribution in [2.75, 3.05) is 24.5 Å². The van der Waals surface area contributed by atoms with Crippen molar-refractivity contribution < 1.29 is 12.9 Å². The first-order chi connectivity index (χ1) is 11.0. The van der Waals surface area contributed by atoms with Gasteiger partial charge in [-0.3, -0.25) is 0 Å². The van der Waals surface area contributed by atoms with E-state index in [1.807, 2.05) is 18.2 Å². The highest BCUT2D eigenvalue weighted by Crippen LogP contribution is 2.24. The monoisotopic (exact) mass is 335 g/mol. The number of nitrogens with one attached hydrogen (secondary N) is 1. The molecule has 1 aliphatic rings. The molecular weight excluding hydrogens is 314 g/mol. The Morgan fingerprint density at radius 1 is 1.30 bits per heavy atom. The van der Waals surface area contributed by atoms with Crippen LogP contribution in [0.15, 0.2) is 39.8 Å². The fourth-order valence-corrected chi connectivity index (χ4v) is 4.47. The highest BCUT2D eigenvalue weighted by atomic mass is 32.2. The van der Waals surface area contributed by atoms with Gasteiger partial charge in [0, 0.05) is 25.3 Å². The van der Waals surface area contributed by atoms with E-state index in [-0.39, 0.29) is 4.90 Å². The van der Waals surface area contributed by atoms with Gasteiger partial charge in [-0.25, -0.2) is 13.1 Å². The Morgan fingerprint density at radius 3 is 2.70 bits per heavy atom. The number of hydrogen-bond acceptors (Lipinski definition) is 5. The maximum absolute atomic E-state index is 12.4. The van der Waals surface area contributed by atoms with Gasteiger partial charge in [0.1, 0.15) is 10.6 Å². The third-order valence-corrected chi connectivity index (χ3v) is 5.87. The standard InChI is InChI=1S/C16H21N3O3S/c1-12-16(13(2)22-18-12)23(20,21)17-10-14-8-9-19(11-14)15-6-4-3-5-7-15/h3-7,14,17H,8-11H2,1-2H3. The molecule has 1 unspecified atom stereocenters. The number of sulfonamides is 1. The molecule has 0 radical (unpaired) electrons. The average Bonchev–Trinajstić information content (AvgIpc) is 3.13. The second-order valence-corrected chi connectivity index (χ2v) is 7.65. The molecule has 1 saturated heterocycles. The van der Waals surface area contributed by atoms with E-state index in [0.29, 0.717) is 23.9 Å². The molecule has 23 heavy (non-hydrogen) atoms. The molecule has 2 aromatic rings. The van der Waals surface area contributed by atoms with Crippen LogP contribution in [0.25, 0.3) is 0 Å². The van der Waals surface area contributed by atoms with E-state index in [9.17, 15) is 8.42 Å². The molecule has 1 aromatic heterocycles. The van der Waals surface area contributed by atoms with Crippen LogP contribution in [0, 0.1) is 19.8 Å². The lowest BCUT2D eigenvalue weighted by Crippen LogP contribution is -2.31. The third kappa shape index (κ3) is 3.40. The number of aryl methyl sites for hydroxylation is 2. The van der Waals surface area contributed by atoms with Crippen LogP contribution in [0.3, 0.4) is 0 Å². The minimum absolute atomic E-state index is 0.162. The number of aromatic nitrogens is 1. The van der Waals surface area contributed by atoms with Gasteiger partial charge in [0.25, 0.3) is 0 Å². The minimum Gasteiger partial charge on any atom is -0.371 e. The molecule has 6 nitrogen and oxygen atoms in total. The van der Waals surface area contributed by atoms with Crippen molar-refractivity contribution in [1.29, 1.82) is 0 Å². The summed E-state index contributed by atoms with van der Waals surface area (Å²) in [6, 6.07) is 10.2. The molecule has 7 heteroatoms. The molecule has 0 saturated carbocycles. The summed E-state index contributed by atoms with van der Waals surface area (Å²) >= 11 is 0. The fourth-order valence-electron chi connectivity index (χ4n) is 3.03. The zero-order chi connectivity index (χ0) is 16.4. The second-order valence-electron chi connectivity index (χ2n) is 5.94. The Hall–Kier alpha value is -1.86. The number of anilines is 1. The normalized spacial score (nSPS) is 18.5. The Morgan fingerprint density at radius 2 is 2.04 bits per heavy atom. The van der Waals surface area contributed by atoms with E-state index >= 15 is 0 Å². The Bertz CT molecular complexity index is 752. The first-order valence-electron chi connectivity index (χ1n) is 7.70. The Kier molecular flexibility index (Phi) is 4.41. The SMILES string of the molecule is Cc1noc(C)c1S(=O)(=O)NCC1CCN(c2ccccc2)C1. The number of hydrogen-bond donors (Lipinski definition) is 1. The van der Waals surface area contributed by atoms with Crippen molar-refractivity contribution in [3.8, 4) is 0 Å². The zero-order valence-corrected chi connectivity index (χ0v) is 14.1. The molecule has 0 amide bonds. The summed E-state index contributed by atoms with van der Waals surface area (Å²) in [5.74, 6) is 0.623. The van der Waals surface area contributed by atoms with Crippen LogP contribution < -0.4 is 9.62 Å². The molecule has 1 fully saturated rings. The van der Waals surface area contributed by atoms with Gasteiger partial charge in [-0.1, -0.05) is 23.4 Å². The summed E-state index contributed by atoms with van der Waals surface area (Å²) in [5.41, 5.74) is 1.58. The number of benzene rings is 1. The smallest absolute Gasteiger partial charge is 0.245 e. The zero-order valence-electron chi connectivity index (χ0n) is 13.3. The average molecular weight is 335 g/mol. The van der Waals surface area contributed by atoms with Gasteiger partial charge in [0.05, 0.1) is 0 Å². The van der Waals surface area contributed by atoms with Crippen molar-refractivity contribution in [3.05, 3.63) is 41.8 Å². The van der Waals surface area contributed by atoms with Gasteiger partial charge >= 0.3 is 0 Å². The molecule has 1 atom stereocenters. The largest absolute Gasteiger partial charge is 0.371 e. The maximum Gasteiger partial charge on any atom is 0.245 e. The molecule has 124 valence electrons. The molecule has 0 spiro atoms. The van der Waals surface area contributed by atoms with Crippen LogP contribution >= 0.6 is 0 Å². The van der Waals surface area contributed by atoms with Gasteiger partial charge in [-0.2, -0.15) is 0 Å². The molecule has 1 N–H and O–H groups in total. The third-order valence-electron chi connectivity index (χ3n) is 4.21. The molecule has 0 bridgehead atoms. The van der Waals surface area contributed by atoms with Crippen LogP contribution in [0.1, 0.15) is 17.9 Å². The van der Waals surface area contributed by atoms with Gasteiger partial charge in [-0.05, 0) is 38.3 Å². The molecular formula is C16H21N3O3S. The Labute approximate surface area is 136 Å². The van der Waals surface area contributed by atoms with Crippen molar-refractivity contribution in [2.45, 2.75) is 25.2 Å². The van der Waals surface area contributed by atoms with Crippen LogP contribution in [-0.2, 0) is 10.0 Å². The summed E-state index contributed by atoms with van der Waals surface area (Å²) in [6.45, 7) is 5.48. The van der Waals surface area contributed by atoms with Gasteiger partial charge in [-0.15, -0.1) is 0 Å². The van der Waals surface area contributed by atoms with Crippen LogP contribution in [0.5, 0.6) is 0 Å². The molecule has 0 aliphatic carbocycles. The summed E-state index contributed by atoms with van der Waals surface area (Å²) in [6.07, 6.45) is 0.971. The van der Waals surface area contributed by atoms with Gasteiger partial charge in [0.2, 0.25) is 10.0 Å². The number of rotatable bonds is 5. The van der Waals surface area contributed by atoms with E-state index in [4.69, 9.17) is 4.52 Å². The van der Waals surface area contributed by atoms with E-state index in [1.165, 1.54) is 5.69 Å². The summed E-state index contributed by atoms with van der Waals surface area (Å²) in [5, 5.41) is 3.71. The first-order valence-corrected chi connectivity index (χ1v) is 9.18. The lowest BCUT2D eigenvalue weighted by Gasteiger charge is -2.18. The summed E-state index contributed by atoms with van der Waals surface area (Å²) in [4.78, 5) is 2.45. The quantitative estimate of drug-likeness (QED) is 0.905. The lowest BCUT2D eigenvalue weighted by atomic mass is 10.1. The van der Waals surface area contributed by atoms with E-state index in [1.54, 1.807) is 13.8 Å². The second kappa shape index (κ2) is 6.33. The first kappa shape index (κ1) is 16.0. The van der Waals surface area contributed by atoms with Crippen LogP contribution in [0.2, 0.25) is 0 Å². The lowest BCUT2D eigenvalue weighted by molar-refractivity contribution is 0.390. The topological polar surface area (TPSA) is 75.4 Å². The number of nitrogens with zero attached hydrogens (tertiary/aromatic N) is 2. The van der Waals surface area contributed by atoms with Gasteiger partial charge < -0.3 is 9.42 Å². The van der Waals surface area contributed by atoms with Crippen molar-refractivity contribution in [1.82, 2.24) is 9.88 Å². The van der Waals surface area contributed by atoms with E-state index in [2.05, 4.69) is 26.9 Å².